The van der Waals surface area contributed by atoms with Crippen LogP contribution >= 0.6 is 11.3 Å². The number of amides is 1. The highest BCUT2D eigenvalue weighted by molar-refractivity contribution is 7.91. The van der Waals surface area contributed by atoms with Gasteiger partial charge >= 0.3 is 5.22 Å². The summed E-state index contributed by atoms with van der Waals surface area (Å²) in [6.07, 6.45) is 3.97. The molecule has 1 amide bonds. The number of hydrogen-bond donors (Lipinski definition) is 0. The van der Waals surface area contributed by atoms with Gasteiger partial charge in [-0.1, -0.05) is 24.0 Å². The van der Waals surface area contributed by atoms with E-state index in [0.29, 0.717) is 18.0 Å². The molecular weight excluding hydrogens is 338 g/mol. The van der Waals surface area contributed by atoms with Gasteiger partial charge in [-0.15, -0.1) is 16.4 Å². The van der Waals surface area contributed by atoms with Crippen molar-refractivity contribution in [3.05, 3.63) is 17.5 Å². The minimum absolute atomic E-state index is 0.154. The summed E-state index contributed by atoms with van der Waals surface area (Å²) in [7, 11) is -3.92. The molecule has 0 N–H and O–H groups in total. The first-order chi connectivity index (χ1) is 11.1. The molecule has 0 bridgehead atoms. The first-order valence-corrected chi connectivity index (χ1v) is 9.97. The number of sulfone groups is 1. The Labute approximate surface area is 138 Å². The van der Waals surface area contributed by atoms with Gasteiger partial charge in [0.15, 0.2) is 0 Å². The molecule has 0 unspecified atom stereocenters. The molecule has 1 fully saturated rings. The molecule has 3 rings (SSSR count). The van der Waals surface area contributed by atoms with E-state index in [2.05, 4.69) is 10.2 Å². The Hall–Kier alpha value is -1.74. The molecule has 0 aliphatic carbocycles. The van der Waals surface area contributed by atoms with Crippen LogP contribution in [0.15, 0.2) is 27.2 Å². The van der Waals surface area contributed by atoms with Crippen LogP contribution in [0.5, 0.6) is 0 Å². The number of nitrogens with zero attached hydrogens (tertiary/aromatic N) is 3. The lowest BCUT2D eigenvalue weighted by molar-refractivity contribution is -0.128. The van der Waals surface area contributed by atoms with Gasteiger partial charge in [0.2, 0.25) is 15.7 Å². The van der Waals surface area contributed by atoms with Gasteiger partial charge in [-0.3, -0.25) is 4.79 Å². The molecule has 3 heterocycles. The van der Waals surface area contributed by atoms with E-state index in [0.717, 1.165) is 25.7 Å². The largest absolute Gasteiger partial charge is 0.407 e. The van der Waals surface area contributed by atoms with Crippen molar-refractivity contribution in [2.24, 2.45) is 0 Å². The molecule has 9 heteroatoms. The average molecular weight is 355 g/mol. The zero-order valence-corrected chi connectivity index (χ0v) is 14.1. The van der Waals surface area contributed by atoms with Crippen molar-refractivity contribution < 1.29 is 17.6 Å². The van der Waals surface area contributed by atoms with Crippen LogP contribution < -0.4 is 0 Å². The van der Waals surface area contributed by atoms with E-state index >= 15 is 0 Å². The van der Waals surface area contributed by atoms with E-state index in [-0.39, 0.29) is 5.89 Å². The highest BCUT2D eigenvalue weighted by atomic mass is 32.2. The molecule has 0 spiro atoms. The first kappa shape index (κ1) is 16.1. The predicted octanol–water partition coefficient (Wildman–Crippen LogP) is 1.97. The van der Waals surface area contributed by atoms with Gasteiger partial charge in [0.25, 0.3) is 5.89 Å². The number of carbonyl (C=O) groups excluding carboxylic acids is 1. The lowest BCUT2D eigenvalue weighted by atomic mass is 10.2. The van der Waals surface area contributed by atoms with Gasteiger partial charge in [0, 0.05) is 13.1 Å². The first-order valence-electron chi connectivity index (χ1n) is 7.44. The second kappa shape index (κ2) is 6.79. The van der Waals surface area contributed by atoms with Crippen molar-refractivity contribution in [1.82, 2.24) is 15.1 Å². The van der Waals surface area contributed by atoms with Crippen LogP contribution in [0, 0.1) is 0 Å². The Balaban J connectivity index is 1.72. The topological polar surface area (TPSA) is 93.4 Å². The molecule has 124 valence electrons. The predicted molar refractivity (Wildman–Crippen MR) is 84.7 cm³/mol. The molecule has 7 nitrogen and oxygen atoms in total. The number of carbonyl (C=O) groups is 1. The summed E-state index contributed by atoms with van der Waals surface area (Å²) in [5.74, 6) is -0.873. The Morgan fingerprint density at radius 3 is 2.61 bits per heavy atom. The Bertz CT molecular complexity index is 760. The number of likely N-dealkylation sites (tertiary alicyclic amines) is 1. The fourth-order valence-electron chi connectivity index (χ4n) is 2.47. The normalized spacial score (nSPS) is 16.3. The molecule has 1 saturated heterocycles. The van der Waals surface area contributed by atoms with Crippen molar-refractivity contribution in [1.29, 1.82) is 0 Å². The summed E-state index contributed by atoms with van der Waals surface area (Å²) < 4.78 is 29.9. The maximum Gasteiger partial charge on any atom is 0.336 e. The van der Waals surface area contributed by atoms with Gasteiger partial charge < -0.3 is 9.32 Å². The Morgan fingerprint density at radius 1 is 1.22 bits per heavy atom. The van der Waals surface area contributed by atoms with E-state index in [1.807, 2.05) is 5.38 Å². The summed E-state index contributed by atoms with van der Waals surface area (Å²) in [5.41, 5.74) is 0. The fraction of sp³-hybridized carbons (Fsp3) is 0.500. The van der Waals surface area contributed by atoms with Crippen molar-refractivity contribution in [2.75, 3.05) is 18.8 Å². The summed E-state index contributed by atoms with van der Waals surface area (Å²) in [6, 6.07) is 3.57. The zero-order chi connectivity index (χ0) is 16.3. The monoisotopic (exact) mass is 355 g/mol. The zero-order valence-electron chi connectivity index (χ0n) is 12.5. The molecule has 0 atom stereocenters. The van der Waals surface area contributed by atoms with Crippen LogP contribution in [0.2, 0.25) is 0 Å². The molecule has 0 aromatic carbocycles. The average Bonchev–Trinajstić information content (AvgIpc) is 3.13. The lowest BCUT2D eigenvalue weighted by Crippen LogP contribution is -2.36. The molecule has 0 saturated carbocycles. The standard InChI is InChI=1S/C14H17N3O4S2/c18-12(17-7-3-1-2-4-8-17)10-23(19,20)14-16-15-13(21-14)11-6-5-9-22-11/h5-6,9H,1-4,7-8,10H2. The van der Waals surface area contributed by atoms with E-state index < -0.39 is 26.7 Å². The summed E-state index contributed by atoms with van der Waals surface area (Å²) in [5, 5.41) is 8.67. The van der Waals surface area contributed by atoms with Crippen LogP contribution in [0.1, 0.15) is 25.7 Å². The van der Waals surface area contributed by atoms with Gasteiger partial charge in [0.05, 0.1) is 4.88 Å². The number of rotatable bonds is 4. The Kier molecular flexibility index (Phi) is 4.76. The molecule has 0 radical (unpaired) electrons. The molecule has 1 aliphatic rings. The summed E-state index contributed by atoms with van der Waals surface area (Å²) in [6.45, 7) is 1.22. The minimum Gasteiger partial charge on any atom is -0.407 e. The molecular formula is C14H17N3O4S2. The van der Waals surface area contributed by atoms with Crippen LogP contribution in [0.4, 0.5) is 0 Å². The second-order valence-corrected chi connectivity index (χ2v) is 8.22. The fourth-order valence-corrected chi connectivity index (χ4v) is 4.12. The number of aromatic nitrogens is 2. The van der Waals surface area contributed by atoms with Crippen molar-refractivity contribution in [2.45, 2.75) is 30.9 Å². The molecule has 2 aromatic rings. The van der Waals surface area contributed by atoms with Gasteiger partial charge in [-0.25, -0.2) is 8.42 Å². The third-order valence-electron chi connectivity index (χ3n) is 3.68. The van der Waals surface area contributed by atoms with Crippen LogP contribution in [0.25, 0.3) is 10.8 Å². The summed E-state index contributed by atoms with van der Waals surface area (Å²) in [4.78, 5) is 14.5. The third-order valence-corrected chi connectivity index (χ3v) is 5.86. The highest BCUT2D eigenvalue weighted by Crippen LogP contribution is 2.24. The molecule has 2 aromatic heterocycles. The highest BCUT2D eigenvalue weighted by Gasteiger charge is 2.29. The van der Waals surface area contributed by atoms with Crippen molar-refractivity contribution in [3.63, 3.8) is 0 Å². The maximum atomic E-state index is 12.3. The maximum absolute atomic E-state index is 12.3. The van der Waals surface area contributed by atoms with Crippen LogP contribution in [0.3, 0.4) is 0 Å². The second-order valence-electron chi connectivity index (χ2n) is 5.40. The van der Waals surface area contributed by atoms with E-state index in [9.17, 15) is 13.2 Å². The van der Waals surface area contributed by atoms with E-state index in [1.165, 1.54) is 11.3 Å². The third kappa shape index (κ3) is 3.78. The van der Waals surface area contributed by atoms with Crippen LogP contribution in [-0.2, 0) is 14.6 Å². The lowest BCUT2D eigenvalue weighted by Gasteiger charge is -2.19. The van der Waals surface area contributed by atoms with E-state index in [1.54, 1.807) is 17.0 Å². The smallest absolute Gasteiger partial charge is 0.336 e. The van der Waals surface area contributed by atoms with Gasteiger partial charge in [0.1, 0.15) is 5.75 Å². The molecule has 1 aliphatic heterocycles. The van der Waals surface area contributed by atoms with E-state index in [4.69, 9.17) is 4.42 Å². The quantitative estimate of drug-likeness (QED) is 0.832. The molecule has 23 heavy (non-hydrogen) atoms. The Morgan fingerprint density at radius 2 is 1.96 bits per heavy atom. The summed E-state index contributed by atoms with van der Waals surface area (Å²) >= 11 is 1.37. The number of hydrogen-bond acceptors (Lipinski definition) is 7. The van der Waals surface area contributed by atoms with Crippen molar-refractivity contribution in [3.8, 4) is 10.8 Å². The minimum atomic E-state index is -3.92. The number of thiophene rings is 1. The van der Waals surface area contributed by atoms with Crippen molar-refractivity contribution >= 4 is 27.1 Å². The van der Waals surface area contributed by atoms with Crippen LogP contribution in [-0.4, -0.2) is 48.3 Å². The van der Waals surface area contributed by atoms with Gasteiger partial charge in [-0.05, 0) is 24.3 Å². The SMILES string of the molecule is O=C(CS(=O)(=O)c1nnc(-c2cccs2)o1)N1CCCCCC1. The van der Waals surface area contributed by atoms with Gasteiger partial charge in [-0.2, -0.15) is 0 Å².